The van der Waals surface area contributed by atoms with Gasteiger partial charge in [-0.1, -0.05) is 42.5 Å². The van der Waals surface area contributed by atoms with E-state index in [0.717, 1.165) is 29.7 Å². The largest absolute Gasteiger partial charge is 0.497 e. The Morgan fingerprint density at radius 1 is 1.00 bits per heavy atom. The monoisotopic (exact) mass is 457 g/mol. The molecule has 0 aliphatic heterocycles. The normalized spacial score (nSPS) is 17.4. The Morgan fingerprint density at radius 2 is 1.68 bits per heavy atom. The number of carbonyl (C=O) groups excluding carboxylic acids is 1. The second kappa shape index (κ2) is 10.7. The zero-order valence-corrected chi connectivity index (χ0v) is 20.1. The van der Waals surface area contributed by atoms with E-state index in [1.807, 2.05) is 38.1 Å². The number of halogens is 1. The van der Waals surface area contributed by atoms with Gasteiger partial charge < -0.3 is 9.64 Å². The Morgan fingerprint density at radius 3 is 2.32 bits per heavy atom. The number of hydrogen-bond donors (Lipinski definition) is 0. The number of amides is 1. The maximum atomic E-state index is 13.6. The van der Waals surface area contributed by atoms with Crippen molar-refractivity contribution in [2.75, 3.05) is 20.2 Å². The van der Waals surface area contributed by atoms with Crippen molar-refractivity contribution in [2.24, 2.45) is 0 Å². The molecule has 0 spiro atoms. The van der Waals surface area contributed by atoms with Crippen molar-refractivity contribution in [2.45, 2.75) is 38.5 Å². The first-order valence-corrected chi connectivity index (χ1v) is 12.0. The highest BCUT2D eigenvalue weighted by atomic mass is 19.1. The van der Waals surface area contributed by atoms with Gasteiger partial charge >= 0.3 is 0 Å². The van der Waals surface area contributed by atoms with Crippen molar-refractivity contribution in [1.29, 1.82) is 0 Å². The summed E-state index contributed by atoms with van der Waals surface area (Å²) in [5.41, 5.74) is 5.96. The van der Waals surface area contributed by atoms with E-state index in [0.29, 0.717) is 13.1 Å². The molecule has 2 atom stereocenters. The zero-order chi connectivity index (χ0) is 24.1. The van der Waals surface area contributed by atoms with Crippen LogP contribution in [0.1, 0.15) is 59.9 Å². The number of fused-ring (bicyclic) bond motifs is 1. The van der Waals surface area contributed by atoms with Gasteiger partial charge in [-0.15, -0.1) is 0 Å². The molecule has 0 N–H and O–H groups in total. The van der Waals surface area contributed by atoms with Gasteiger partial charge in [0.05, 0.1) is 7.11 Å². The molecule has 0 saturated carbocycles. The molecule has 3 nitrogen and oxygen atoms in total. The minimum absolute atomic E-state index is 0.0283. The van der Waals surface area contributed by atoms with Gasteiger partial charge in [-0.25, -0.2) is 4.39 Å². The third kappa shape index (κ3) is 5.06. The summed E-state index contributed by atoms with van der Waals surface area (Å²) in [6, 6.07) is 21.7. The predicted molar refractivity (Wildman–Crippen MR) is 136 cm³/mol. The van der Waals surface area contributed by atoms with Crippen LogP contribution < -0.4 is 4.74 Å². The summed E-state index contributed by atoms with van der Waals surface area (Å²) in [7, 11) is 1.70. The number of hydrogen-bond acceptors (Lipinski definition) is 2. The summed E-state index contributed by atoms with van der Waals surface area (Å²) in [6.07, 6.45) is 5.46. The van der Waals surface area contributed by atoms with E-state index in [-0.39, 0.29) is 23.6 Å². The Kier molecular flexibility index (Phi) is 7.46. The summed E-state index contributed by atoms with van der Waals surface area (Å²) >= 11 is 0. The van der Waals surface area contributed by atoms with E-state index in [2.05, 4.69) is 36.4 Å². The molecule has 2 unspecified atom stereocenters. The summed E-state index contributed by atoms with van der Waals surface area (Å²) in [6.45, 7) is 5.38. The first-order chi connectivity index (χ1) is 16.5. The third-order valence-electron chi connectivity index (χ3n) is 6.90. The smallest absolute Gasteiger partial charge is 0.246 e. The molecule has 1 aliphatic rings. The van der Waals surface area contributed by atoms with Crippen LogP contribution in [0.4, 0.5) is 4.39 Å². The number of carbonyl (C=O) groups is 1. The van der Waals surface area contributed by atoms with Crippen LogP contribution in [0.25, 0.3) is 6.08 Å². The Hall–Kier alpha value is -3.40. The van der Waals surface area contributed by atoms with E-state index in [1.54, 1.807) is 30.2 Å². The van der Waals surface area contributed by atoms with Gasteiger partial charge in [0.25, 0.3) is 0 Å². The summed E-state index contributed by atoms with van der Waals surface area (Å²) in [5.74, 6) is 1.11. The molecule has 1 amide bonds. The Balaban J connectivity index is 1.67. The number of aryl methyl sites for hydroxylation is 1. The van der Waals surface area contributed by atoms with Gasteiger partial charge in [-0.2, -0.15) is 0 Å². The van der Waals surface area contributed by atoms with Gasteiger partial charge in [0, 0.05) is 25.1 Å². The van der Waals surface area contributed by atoms with E-state index in [1.165, 1.54) is 16.7 Å². The third-order valence-corrected chi connectivity index (χ3v) is 6.90. The van der Waals surface area contributed by atoms with Crippen LogP contribution in [0, 0.1) is 5.82 Å². The van der Waals surface area contributed by atoms with E-state index in [9.17, 15) is 9.18 Å². The molecule has 34 heavy (non-hydrogen) atoms. The van der Waals surface area contributed by atoms with Gasteiger partial charge in [-0.05, 0) is 90.8 Å². The quantitative estimate of drug-likeness (QED) is 0.375. The highest BCUT2D eigenvalue weighted by Gasteiger charge is 2.32. The fraction of sp³-hybridized carbons (Fsp3) is 0.300. The van der Waals surface area contributed by atoms with Crippen LogP contribution in [0.5, 0.6) is 5.75 Å². The molecule has 0 saturated heterocycles. The predicted octanol–water partition coefficient (Wildman–Crippen LogP) is 6.58. The molecular formula is C30H32FNO2. The number of rotatable bonds is 7. The summed E-state index contributed by atoms with van der Waals surface area (Å²) in [5, 5.41) is 0. The van der Waals surface area contributed by atoms with Gasteiger partial charge in [0.15, 0.2) is 0 Å². The average Bonchev–Trinajstić information content (AvgIpc) is 2.88. The van der Waals surface area contributed by atoms with Crippen molar-refractivity contribution in [3.8, 4) is 5.75 Å². The molecule has 0 radical (unpaired) electrons. The minimum Gasteiger partial charge on any atom is -0.497 e. The van der Waals surface area contributed by atoms with Gasteiger partial charge in [0.1, 0.15) is 11.6 Å². The van der Waals surface area contributed by atoms with E-state index < -0.39 is 0 Å². The van der Waals surface area contributed by atoms with Crippen molar-refractivity contribution in [1.82, 2.24) is 4.90 Å². The molecule has 4 rings (SSSR count). The average molecular weight is 458 g/mol. The molecule has 0 aromatic heterocycles. The standard InChI is InChI=1S/C30H32FNO2/c1-4-32(5-2)29(33)19-8-21-6-9-23(10-7-21)30-27(22-11-14-25(31)15-12-22)17-13-24-20-26(34-3)16-18-28(24)30/h6-12,14-16,18-20,27,30H,4-5,13,17H2,1-3H3/b19-8+. The van der Waals surface area contributed by atoms with Crippen LogP contribution in [0.3, 0.4) is 0 Å². The lowest BCUT2D eigenvalue weighted by Gasteiger charge is -2.35. The Bertz CT molecular complexity index is 1150. The topological polar surface area (TPSA) is 29.5 Å². The van der Waals surface area contributed by atoms with Crippen molar-refractivity contribution >= 4 is 12.0 Å². The fourth-order valence-electron chi connectivity index (χ4n) is 5.03. The molecular weight excluding hydrogens is 425 g/mol. The summed E-state index contributed by atoms with van der Waals surface area (Å²) < 4.78 is 19.1. The molecule has 1 aliphatic carbocycles. The molecule has 0 bridgehead atoms. The van der Waals surface area contributed by atoms with Crippen molar-refractivity contribution < 1.29 is 13.9 Å². The Labute approximate surface area is 201 Å². The molecule has 0 fully saturated rings. The first kappa shape index (κ1) is 23.7. The maximum Gasteiger partial charge on any atom is 0.246 e. The lowest BCUT2D eigenvalue weighted by Crippen LogP contribution is -2.28. The summed E-state index contributed by atoms with van der Waals surface area (Å²) in [4.78, 5) is 14.1. The first-order valence-electron chi connectivity index (χ1n) is 12.0. The SMILES string of the molecule is CCN(CC)C(=O)/C=C/c1ccc(C2c3ccc(OC)cc3CCC2c2ccc(F)cc2)cc1. The molecule has 176 valence electrons. The number of ether oxygens (including phenoxy) is 1. The molecule has 4 heteroatoms. The highest BCUT2D eigenvalue weighted by Crippen LogP contribution is 2.47. The van der Waals surface area contributed by atoms with Crippen LogP contribution in [-0.4, -0.2) is 31.0 Å². The molecule has 3 aromatic rings. The van der Waals surface area contributed by atoms with Crippen LogP contribution in [0.2, 0.25) is 0 Å². The van der Waals surface area contributed by atoms with E-state index >= 15 is 0 Å². The second-order valence-electron chi connectivity index (χ2n) is 8.75. The zero-order valence-electron chi connectivity index (χ0n) is 20.1. The fourth-order valence-corrected chi connectivity index (χ4v) is 5.03. The molecule has 0 heterocycles. The highest BCUT2D eigenvalue weighted by molar-refractivity contribution is 5.91. The number of likely N-dealkylation sites (N-methyl/N-ethyl adjacent to an activating group) is 1. The van der Waals surface area contributed by atoms with Crippen LogP contribution in [0.15, 0.2) is 72.8 Å². The minimum atomic E-state index is -0.211. The lowest BCUT2D eigenvalue weighted by molar-refractivity contribution is -0.125. The van der Waals surface area contributed by atoms with Gasteiger partial charge in [0.2, 0.25) is 5.91 Å². The van der Waals surface area contributed by atoms with Gasteiger partial charge in [-0.3, -0.25) is 4.79 Å². The number of nitrogens with zero attached hydrogens (tertiary/aromatic N) is 1. The number of methoxy groups -OCH3 is 1. The van der Waals surface area contributed by atoms with Crippen molar-refractivity contribution in [3.63, 3.8) is 0 Å². The lowest BCUT2D eigenvalue weighted by atomic mass is 9.69. The van der Waals surface area contributed by atoms with E-state index in [4.69, 9.17) is 4.74 Å². The number of benzene rings is 3. The van der Waals surface area contributed by atoms with Crippen LogP contribution >= 0.6 is 0 Å². The maximum absolute atomic E-state index is 13.6. The molecule has 3 aromatic carbocycles. The second-order valence-corrected chi connectivity index (χ2v) is 8.75. The van der Waals surface area contributed by atoms with Crippen LogP contribution in [-0.2, 0) is 11.2 Å². The van der Waals surface area contributed by atoms with Crippen molar-refractivity contribution in [3.05, 3.63) is 106 Å².